The summed E-state index contributed by atoms with van der Waals surface area (Å²) >= 11 is 0. The number of hydrogen-bond acceptors (Lipinski definition) is 5. The van der Waals surface area contributed by atoms with E-state index in [0.29, 0.717) is 31.3 Å². The van der Waals surface area contributed by atoms with Crippen molar-refractivity contribution in [1.82, 2.24) is 9.80 Å². The van der Waals surface area contributed by atoms with Gasteiger partial charge in [-0.05, 0) is 70.4 Å². The van der Waals surface area contributed by atoms with E-state index in [9.17, 15) is 0 Å². The number of methoxy groups -OCH3 is 1. The lowest BCUT2D eigenvalue weighted by Gasteiger charge is -2.37. The van der Waals surface area contributed by atoms with Crippen molar-refractivity contribution in [2.75, 3.05) is 40.0 Å². The number of allylic oxidation sites excluding steroid dienone is 4. The van der Waals surface area contributed by atoms with Crippen molar-refractivity contribution in [2.24, 2.45) is 9.98 Å². The van der Waals surface area contributed by atoms with Crippen LogP contribution in [0.25, 0.3) is 5.57 Å². The van der Waals surface area contributed by atoms with Gasteiger partial charge >= 0.3 is 0 Å². The minimum absolute atomic E-state index is 0.0975. The monoisotopic (exact) mass is 533 g/mol. The average molecular weight is 534 g/mol. The molecule has 3 rings (SSSR count). The number of amidine groups is 1. The Bertz CT molecular complexity index is 1150. The van der Waals surface area contributed by atoms with Crippen LogP contribution >= 0.6 is 0 Å². The smallest absolute Gasteiger partial charge is 0.227 e. The standard InChI is InChI=1S/C31H43N5O3/c1-22(28-12-13-30(37-7)29(18-28)14-15-32)10-8-9-11-23(2)33-31(35-19-25(4)39-26(5)20-35)34-27(6)36-16-17-38-21-24(36)3/h9-13,18,24-26H,2,8,14,16-17,19-21H2,1,3-7H3/b11-9-,22-10+,33-31?,34-27+/t24-,25-,26+/m0/s1. The van der Waals surface area contributed by atoms with Crippen molar-refractivity contribution < 1.29 is 14.2 Å². The molecule has 0 aliphatic carbocycles. The Kier molecular flexibility index (Phi) is 11.3. The SMILES string of the molecule is C=C(/C=C\C/C=C(\C)c1ccc(OC)c(CC#N)c1)N=C(/N=C(\C)N1CCOC[C@@H]1C)N1C[C@@H](C)O[C@@H](C)C1. The highest BCUT2D eigenvalue weighted by molar-refractivity contribution is 5.95. The van der Waals surface area contributed by atoms with Crippen molar-refractivity contribution in [1.29, 1.82) is 5.26 Å². The molecule has 2 heterocycles. The van der Waals surface area contributed by atoms with Gasteiger partial charge in [-0.3, -0.25) is 0 Å². The largest absolute Gasteiger partial charge is 0.496 e. The number of benzene rings is 1. The Morgan fingerprint density at radius 1 is 1.21 bits per heavy atom. The average Bonchev–Trinajstić information content (AvgIpc) is 2.90. The van der Waals surface area contributed by atoms with E-state index in [1.807, 2.05) is 31.2 Å². The highest BCUT2D eigenvalue weighted by atomic mass is 16.5. The Morgan fingerprint density at radius 2 is 1.95 bits per heavy atom. The van der Waals surface area contributed by atoms with Crippen LogP contribution in [0.5, 0.6) is 5.75 Å². The van der Waals surface area contributed by atoms with Crippen LogP contribution in [-0.2, 0) is 15.9 Å². The van der Waals surface area contributed by atoms with Gasteiger partial charge < -0.3 is 24.0 Å². The lowest BCUT2D eigenvalue weighted by atomic mass is 10.0. The first-order valence-corrected chi connectivity index (χ1v) is 13.7. The normalized spacial score (nSPS) is 23.2. The lowest BCUT2D eigenvalue weighted by molar-refractivity contribution is -0.0483. The molecule has 1 aromatic carbocycles. The van der Waals surface area contributed by atoms with E-state index in [1.165, 1.54) is 0 Å². The fourth-order valence-corrected chi connectivity index (χ4v) is 4.90. The second kappa shape index (κ2) is 14.7. The molecule has 8 heteroatoms. The number of hydrogen-bond donors (Lipinski definition) is 0. The van der Waals surface area contributed by atoms with Crippen molar-refractivity contribution in [3.8, 4) is 11.8 Å². The number of rotatable bonds is 7. The van der Waals surface area contributed by atoms with E-state index in [0.717, 1.165) is 54.3 Å². The Balaban J connectivity index is 1.75. The summed E-state index contributed by atoms with van der Waals surface area (Å²) in [6.45, 7) is 18.3. The molecule has 0 radical (unpaired) electrons. The third-order valence-electron chi connectivity index (χ3n) is 6.87. The first-order valence-electron chi connectivity index (χ1n) is 13.7. The molecular formula is C31H43N5O3. The van der Waals surface area contributed by atoms with Crippen LogP contribution in [0.4, 0.5) is 0 Å². The molecule has 0 aromatic heterocycles. The third-order valence-corrected chi connectivity index (χ3v) is 6.87. The molecule has 0 amide bonds. The summed E-state index contributed by atoms with van der Waals surface area (Å²) in [6.07, 6.45) is 7.39. The Morgan fingerprint density at radius 3 is 2.62 bits per heavy atom. The maximum Gasteiger partial charge on any atom is 0.227 e. The summed E-state index contributed by atoms with van der Waals surface area (Å²) in [5, 5.41) is 9.12. The van der Waals surface area contributed by atoms with Gasteiger partial charge in [0.05, 0.1) is 56.8 Å². The summed E-state index contributed by atoms with van der Waals surface area (Å²) in [5.74, 6) is 2.34. The zero-order valence-corrected chi connectivity index (χ0v) is 24.3. The second-order valence-corrected chi connectivity index (χ2v) is 10.2. The molecule has 2 fully saturated rings. The maximum atomic E-state index is 9.12. The number of nitrogens with zero attached hydrogens (tertiary/aromatic N) is 5. The van der Waals surface area contributed by atoms with Gasteiger partial charge in [0.25, 0.3) is 0 Å². The van der Waals surface area contributed by atoms with E-state index in [1.54, 1.807) is 7.11 Å². The van der Waals surface area contributed by atoms with E-state index >= 15 is 0 Å². The molecule has 0 N–H and O–H groups in total. The van der Waals surface area contributed by atoms with Crippen LogP contribution in [0.2, 0.25) is 0 Å². The van der Waals surface area contributed by atoms with Crippen LogP contribution < -0.4 is 4.74 Å². The van der Waals surface area contributed by atoms with Crippen molar-refractivity contribution in [3.63, 3.8) is 0 Å². The van der Waals surface area contributed by atoms with Gasteiger partial charge in [-0.25, -0.2) is 9.98 Å². The lowest BCUT2D eigenvalue weighted by Crippen LogP contribution is -2.49. The molecule has 1 aromatic rings. The molecule has 0 bridgehead atoms. The summed E-state index contributed by atoms with van der Waals surface area (Å²) in [6, 6.07) is 8.43. The van der Waals surface area contributed by atoms with Gasteiger partial charge in [0.1, 0.15) is 11.6 Å². The summed E-state index contributed by atoms with van der Waals surface area (Å²) in [7, 11) is 1.63. The Hall–Kier alpha value is -3.41. The fourth-order valence-electron chi connectivity index (χ4n) is 4.90. The molecule has 210 valence electrons. The quantitative estimate of drug-likeness (QED) is 0.271. The number of aliphatic imine (C=N–C) groups is 2. The van der Waals surface area contributed by atoms with Gasteiger partial charge in [0.2, 0.25) is 5.96 Å². The zero-order valence-electron chi connectivity index (χ0n) is 24.3. The van der Waals surface area contributed by atoms with Gasteiger partial charge in [-0.1, -0.05) is 24.8 Å². The molecule has 3 atom stereocenters. The van der Waals surface area contributed by atoms with Crippen LogP contribution in [-0.4, -0.2) is 79.8 Å². The summed E-state index contributed by atoms with van der Waals surface area (Å²) in [5.41, 5.74) is 3.75. The molecule has 2 saturated heterocycles. The van der Waals surface area contributed by atoms with Crippen molar-refractivity contribution in [2.45, 2.75) is 65.7 Å². The zero-order chi connectivity index (χ0) is 28.4. The predicted octanol–water partition coefficient (Wildman–Crippen LogP) is 5.23. The van der Waals surface area contributed by atoms with Crippen LogP contribution in [0.1, 0.15) is 52.2 Å². The second-order valence-electron chi connectivity index (χ2n) is 10.2. The van der Waals surface area contributed by atoms with E-state index in [-0.39, 0.29) is 18.2 Å². The summed E-state index contributed by atoms with van der Waals surface area (Å²) in [4.78, 5) is 14.3. The van der Waals surface area contributed by atoms with Gasteiger partial charge in [0.15, 0.2) is 0 Å². The van der Waals surface area contributed by atoms with E-state index in [2.05, 4.69) is 62.3 Å². The summed E-state index contributed by atoms with van der Waals surface area (Å²) < 4.78 is 16.9. The van der Waals surface area contributed by atoms with Crippen LogP contribution in [0.3, 0.4) is 0 Å². The first-order chi connectivity index (χ1) is 18.7. The van der Waals surface area contributed by atoms with Gasteiger partial charge in [-0.2, -0.15) is 5.26 Å². The van der Waals surface area contributed by atoms with E-state index < -0.39 is 0 Å². The fraction of sp³-hybridized carbons (Fsp3) is 0.516. The minimum atomic E-state index is 0.0975. The van der Waals surface area contributed by atoms with Crippen LogP contribution in [0.15, 0.2) is 58.7 Å². The molecule has 0 saturated carbocycles. The van der Waals surface area contributed by atoms with Gasteiger partial charge in [-0.15, -0.1) is 0 Å². The number of guanidine groups is 1. The highest BCUT2D eigenvalue weighted by Crippen LogP contribution is 2.24. The highest BCUT2D eigenvalue weighted by Gasteiger charge is 2.26. The molecular weight excluding hydrogens is 490 g/mol. The third kappa shape index (κ3) is 8.81. The number of morpholine rings is 2. The van der Waals surface area contributed by atoms with Crippen LogP contribution in [0, 0.1) is 11.3 Å². The molecule has 0 unspecified atom stereocenters. The van der Waals surface area contributed by atoms with E-state index in [4.69, 9.17) is 29.5 Å². The molecule has 2 aliphatic heterocycles. The molecule has 0 spiro atoms. The number of ether oxygens (including phenoxy) is 3. The maximum absolute atomic E-state index is 9.12. The van der Waals surface area contributed by atoms with Crippen molar-refractivity contribution >= 4 is 17.4 Å². The number of nitriles is 1. The molecule has 8 nitrogen and oxygen atoms in total. The van der Waals surface area contributed by atoms with Gasteiger partial charge in [0, 0.05) is 25.2 Å². The Labute approximate surface area is 234 Å². The molecule has 39 heavy (non-hydrogen) atoms. The molecule has 2 aliphatic rings. The van der Waals surface area contributed by atoms with Crippen molar-refractivity contribution in [3.05, 3.63) is 59.8 Å². The minimum Gasteiger partial charge on any atom is -0.496 e. The first kappa shape index (κ1) is 30.1. The predicted molar refractivity (Wildman–Crippen MR) is 158 cm³/mol. The topological polar surface area (TPSA) is 82.7 Å².